The highest BCUT2D eigenvalue weighted by Crippen LogP contribution is 2.45. The van der Waals surface area contributed by atoms with Crippen LogP contribution in [-0.4, -0.2) is 40.1 Å². The van der Waals surface area contributed by atoms with Crippen molar-refractivity contribution >= 4 is 28.1 Å². The molecule has 0 spiro atoms. The van der Waals surface area contributed by atoms with E-state index in [1.54, 1.807) is 30.5 Å². The van der Waals surface area contributed by atoms with Crippen LogP contribution in [0, 0.1) is 11.6 Å². The van der Waals surface area contributed by atoms with Crippen molar-refractivity contribution in [2.45, 2.75) is 44.8 Å². The van der Waals surface area contributed by atoms with E-state index >= 15 is 0 Å². The summed E-state index contributed by atoms with van der Waals surface area (Å²) in [5.74, 6) is -1.24. The first-order chi connectivity index (χ1) is 16.6. The van der Waals surface area contributed by atoms with Crippen molar-refractivity contribution in [3.05, 3.63) is 76.4 Å². The number of hydrogen-bond donors (Lipinski definition) is 2. The van der Waals surface area contributed by atoms with Crippen molar-refractivity contribution in [2.24, 2.45) is 0 Å². The molecular weight excluding hydrogens is 520 g/mol. The number of aliphatic hydroxyl groups excluding tert-OH is 2. The van der Waals surface area contributed by atoms with E-state index in [9.17, 15) is 23.8 Å². The number of rotatable bonds is 9. The van der Waals surface area contributed by atoms with Crippen LogP contribution in [0.15, 0.2) is 59.1 Å². The van der Waals surface area contributed by atoms with Gasteiger partial charge in [-0.25, -0.2) is 8.78 Å². The number of carbonyl (C=O) groups excluding carboxylic acids is 1. The lowest BCUT2D eigenvalue weighted by molar-refractivity contribution is -0.143. The first-order valence-electron chi connectivity index (χ1n) is 11.2. The smallest absolute Gasteiger partial charge is 0.308 e. The molecule has 5 nitrogen and oxygen atoms in total. The first-order valence-corrected chi connectivity index (χ1v) is 12.0. The normalized spacial score (nSPS) is 13.4. The second-order valence-corrected chi connectivity index (χ2v) is 9.33. The molecule has 0 saturated carbocycles. The first kappa shape index (κ1) is 26.8. The van der Waals surface area contributed by atoms with Crippen LogP contribution in [0.5, 0.6) is 0 Å². The number of benzene rings is 2. The summed E-state index contributed by atoms with van der Waals surface area (Å²) in [6, 6.07) is 12.2. The summed E-state index contributed by atoms with van der Waals surface area (Å²) in [6.45, 7) is 4.04. The Morgan fingerprint density at radius 1 is 1.03 bits per heavy atom. The summed E-state index contributed by atoms with van der Waals surface area (Å²) < 4.78 is 34.6. The van der Waals surface area contributed by atoms with Gasteiger partial charge < -0.3 is 19.5 Å². The molecule has 0 amide bonds. The summed E-state index contributed by atoms with van der Waals surface area (Å²) in [7, 11) is 1.23. The quantitative estimate of drug-likeness (QED) is 0.316. The molecule has 3 rings (SSSR count). The molecule has 0 bridgehead atoms. The van der Waals surface area contributed by atoms with E-state index in [1.165, 1.54) is 37.5 Å². The molecule has 0 aliphatic heterocycles. The number of carbonyl (C=O) groups is 1. The molecule has 3 aromatic rings. The highest BCUT2D eigenvalue weighted by Gasteiger charge is 2.25. The minimum absolute atomic E-state index is 0.0458. The van der Waals surface area contributed by atoms with E-state index < -0.39 is 18.2 Å². The van der Waals surface area contributed by atoms with Gasteiger partial charge in [0.15, 0.2) is 0 Å². The van der Waals surface area contributed by atoms with Crippen LogP contribution in [0.2, 0.25) is 0 Å². The zero-order chi connectivity index (χ0) is 25.7. The Bertz CT molecular complexity index is 1190. The molecule has 2 aromatic carbocycles. The highest BCUT2D eigenvalue weighted by atomic mass is 79.9. The Morgan fingerprint density at radius 2 is 1.57 bits per heavy atom. The molecule has 0 fully saturated rings. The fraction of sp³-hybridized carbons (Fsp3) is 0.296. The number of hydrogen-bond acceptors (Lipinski definition) is 4. The zero-order valence-electron chi connectivity index (χ0n) is 19.7. The Hall–Kier alpha value is -2.81. The fourth-order valence-corrected chi connectivity index (χ4v) is 5.00. The maximum absolute atomic E-state index is 13.7. The molecule has 2 unspecified atom stereocenters. The van der Waals surface area contributed by atoms with E-state index in [1.807, 2.05) is 18.4 Å². The fourth-order valence-electron chi connectivity index (χ4n) is 3.94. The molecule has 8 heteroatoms. The van der Waals surface area contributed by atoms with Crippen LogP contribution in [-0.2, 0) is 9.53 Å². The van der Waals surface area contributed by atoms with Gasteiger partial charge in [0.2, 0.25) is 0 Å². The van der Waals surface area contributed by atoms with Crippen molar-refractivity contribution in [3.8, 4) is 22.4 Å². The van der Waals surface area contributed by atoms with Crippen LogP contribution in [0.3, 0.4) is 0 Å². The standard InChI is InChI=1S/C27H28BrF2NO4/c1-16(2)26-25(28)24(17-4-8-19(29)9-5-17)27(18-6-10-20(30)11-7-18)31(26)13-12-21(32)14-22(33)15-23(34)35-3/h4-13,16,21-22,32-33H,14-15H2,1-3H3/b13-12+. The third-order valence-electron chi connectivity index (χ3n) is 5.58. The number of esters is 1. The van der Waals surface area contributed by atoms with E-state index in [0.717, 1.165) is 32.6 Å². The van der Waals surface area contributed by atoms with Crippen molar-refractivity contribution in [1.82, 2.24) is 4.57 Å². The van der Waals surface area contributed by atoms with Gasteiger partial charge in [-0.2, -0.15) is 0 Å². The van der Waals surface area contributed by atoms with Gasteiger partial charge in [-0.05, 0) is 75.4 Å². The minimum atomic E-state index is -1.06. The summed E-state index contributed by atoms with van der Waals surface area (Å²) in [6.07, 6.45) is 0.854. The second-order valence-electron chi connectivity index (χ2n) is 8.54. The van der Waals surface area contributed by atoms with Crippen LogP contribution >= 0.6 is 15.9 Å². The summed E-state index contributed by atoms with van der Waals surface area (Å²) in [4.78, 5) is 11.4. The molecule has 186 valence electrons. The third-order valence-corrected chi connectivity index (χ3v) is 6.38. The molecule has 1 heterocycles. The highest BCUT2D eigenvalue weighted by molar-refractivity contribution is 9.10. The van der Waals surface area contributed by atoms with E-state index in [4.69, 9.17) is 0 Å². The Morgan fingerprint density at radius 3 is 2.09 bits per heavy atom. The van der Waals surface area contributed by atoms with Gasteiger partial charge in [-0.15, -0.1) is 0 Å². The average Bonchev–Trinajstić information content (AvgIpc) is 3.10. The van der Waals surface area contributed by atoms with Crippen LogP contribution in [0.25, 0.3) is 28.6 Å². The lowest BCUT2D eigenvalue weighted by Crippen LogP contribution is -2.20. The number of halogens is 3. The molecule has 1 aromatic heterocycles. The number of aliphatic hydroxyl groups is 2. The second kappa shape index (κ2) is 11.7. The topological polar surface area (TPSA) is 71.7 Å². The van der Waals surface area contributed by atoms with Crippen molar-refractivity contribution in [3.63, 3.8) is 0 Å². The van der Waals surface area contributed by atoms with E-state index in [2.05, 4.69) is 20.7 Å². The number of nitrogens with zero attached hydrogens (tertiary/aromatic N) is 1. The van der Waals surface area contributed by atoms with Crippen molar-refractivity contribution < 1.29 is 28.5 Å². The molecule has 0 radical (unpaired) electrons. The third kappa shape index (κ3) is 6.45. The maximum Gasteiger partial charge on any atom is 0.308 e. The largest absolute Gasteiger partial charge is 0.469 e. The summed E-state index contributed by atoms with van der Waals surface area (Å²) in [5, 5.41) is 20.6. The molecule has 2 atom stereocenters. The number of methoxy groups -OCH3 is 1. The van der Waals surface area contributed by atoms with Crippen LogP contribution in [0.4, 0.5) is 8.78 Å². The minimum Gasteiger partial charge on any atom is -0.469 e. The number of ether oxygens (including phenoxy) is 1. The lowest BCUT2D eigenvalue weighted by Gasteiger charge is -2.15. The molecule has 35 heavy (non-hydrogen) atoms. The van der Waals surface area contributed by atoms with Gasteiger partial charge in [0.05, 0.1) is 31.4 Å². The van der Waals surface area contributed by atoms with Gasteiger partial charge in [0.25, 0.3) is 0 Å². The zero-order valence-corrected chi connectivity index (χ0v) is 21.3. The lowest BCUT2D eigenvalue weighted by atomic mass is 10.0. The maximum atomic E-state index is 13.7. The Labute approximate surface area is 211 Å². The Balaban J connectivity index is 2.12. The van der Waals surface area contributed by atoms with E-state index in [0.29, 0.717) is 0 Å². The van der Waals surface area contributed by atoms with Gasteiger partial charge in [0.1, 0.15) is 11.6 Å². The molecule has 0 aliphatic carbocycles. The predicted octanol–water partition coefficient (Wildman–Crippen LogP) is 6.13. The van der Waals surface area contributed by atoms with Crippen molar-refractivity contribution in [1.29, 1.82) is 0 Å². The molecular formula is C27H28BrF2NO4. The monoisotopic (exact) mass is 547 g/mol. The SMILES string of the molecule is COC(=O)CC(O)CC(O)/C=C/n1c(-c2ccc(F)cc2)c(-c2ccc(F)cc2)c(Br)c1C(C)C. The van der Waals surface area contributed by atoms with Gasteiger partial charge >= 0.3 is 5.97 Å². The van der Waals surface area contributed by atoms with Gasteiger partial charge in [-0.3, -0.25) is 4.79 Å². The van der Waals surface area contributed by atoms with E-state index in [-0.39, 0.29) is 30.4 Å². The van der Waals surface area contributed by atoms with Crippen LogP contribution < -0.4 is 0 Å². The predicted molar refractivity (Wildman–Crippen MR) is 136 cm³/mol. The number of aromatic nitrogens is 1. The summed E-state index contributed by atoms with van der Waals surface area (Å²) >= 11 is 3.73. The summed E-state index contributed by atoms with van der Waals surface area (Å²) in [5.41, 5.74) is 3.90. The van der Waals surface area contributed by atoms with Crippen LogP contribution in [0.1, 0.15) is 38.3 Å². The van der Waals surface area contributed by atoms with Gasteiger partial charge in [-0.1, -0.05) is 26.0 Å². The molecule has 2 N–H and O–H groups in total. The average molecular weight is 548 g/mol. The molecule has 0 saturated heterocycles. The molecule has 0 aliphatic rings. The van der Waals surface area contributed by atoms with Gasteiger partial charge in [0, 0.05) is 28.4 Å². The Kier molecular flexibility index (Phi) is 8.99. The van der Waals surface area contributed by atoms with Crippen molar-refractivity contribution in [2.75, 3.05) is 7.11 Å².